The van der Waals surface area contributed by atoms with E-state index >= 15 is 0 Å². The lowest BCUT2D eigenvalue weighted by molar-refractivity contribution is -0.148. The van der Waals surface area contributed by atoms with Crippen LogP contribution in [0, 0.1) is 0 Å². The third-order valence-corrected chi connectivity index (χ3v) is 3.47. The van der Waals surface area contributed by atoms with E-state index < -0.39 is 12.7 Å². The van der Waals surface area contributed by atoms with Crippen molar-refractivity contribution in [1.82, 2.24) is 9.80 Å². The summed E-state index contributed by atoms with van der Waals surface area (Å²) in [7, 11) is 0. The van der Waals surface area contributed by atoms with Crippen LogP contribution in [0.2, 0.25) is 0 Å². The highest BCUT2D eigenvalue weighted by Gasteiger charge is 2.32. The first-order valence-corrected chi connectivity index (χ1v) is 6.76. The van der Waals surface area contributed by atoms with E-state index in [1.165, 1.54) is 4.90 Å². The zero-order valence-corrected chi connectivity index (χ0v) is 11.6. The van der Waals surface area contributed by atoms with Crippen molar-refractivity contribution in [2.24, 2.45) is 5.73 Å². The molecule has 2 N–H and O–H groups in total. The Morgan fingerprint density at radius 2 is 1.86 bits per heavy atom. The average molecular weight is 301 g/mol. The predicted molar refractivity (Wildman–Crippen MR) is 72.7 cm³/mol. The van der Waals surface area contributed by atoms with Crippen LogP contribution in [0.25, 0.3) is 0 Å². The van der Waals surface area contributed by atoms with E-state index in [0.717, 1.165) is 5.56 Å². The molecule has 116 valence electrons. The van der Waals surface area contributed by atoms with E-state index in [-0.39, 0.29) is 19.0 Å². The molecule has 1 fully saturated rings. The van der Waals surface area contributed by atoms with Crippen LogP contribution in [0.4, 0.5) is 13.2 Å². The summed E-state index contributed by atoms with van der Waals surface area (Å²) < 4.78 is 36.9. The van der Waals surface area contributed by atoms with Gasteiger partial charge >= 0.3 is 6.18 Å². The SMILES string of the molecule is NCc1cccc(C(=O)N2CCN(CC(F)(F)F)CC2)c1. The largest absolute Gasteiger partial charge is 0.401 e. The van der Waals surface area contributed by atoms with Gasteiger partial charge in [-0.1, -0.05) is 12.1 Å². The van der Waals surface area contributed by atoms with E-state index in [1.807, 2.05) is 6.07 Å². The van der Waals surface area contributed by atoms with Gasteiger partial charge in [0.15, 0.2) is 0 Å². The van der Waals surface area contributed by atoms with E-state index in [0.29, 0.717) is 25.2 Å². The Morgan fingerprint density at radius 3 is 2.43 bits per heavy atom. The highest BCUT2D eigenvalue weighted by molar-refractivity contribution is 5.94. The summed E-state index contributed by atoms with van der Waals surface area (Å²) in [4.78, 5) is 15.2. The molecule has 0 radical (unpaired) electrons. The number of nitrogens with two attached hydrogens (primary N) is 1. The van der Waals surface area contributed by atoms with E-state index in [2.05, 4.69) is 0 Å². The number of benzene rings is 1. The van der Waals surface area contributed by atoms with Gasteiger partial charge in [-0.15, -0.1) is 0 Å². The van der Waals surface area contributed by atoms with Gasteiger partial charge in [0.25, 0.3) is 5.91 Å². The van der Waals surface area contributed by atoms with Crippen molar-refractivity contribution in [1.29, 1.82) is 0 Å². The maximum Gasteiger partial charge on any atom is 0.401 e. The van der Waals surface area contributed by atoms with Gasteiger partial charge in [-0.3, -0.25) is 9.69 Å². The number of halogens is 3. The summed E-state index contributed by atoms with van der Waals surface area (Å²) >= 11 is 0. The number of rotatable bonds is 3. The molecule has 7 heteroatoms. The zero-order chi connectivity index (χ0) is 15.5. The molecule has 0 aromatic heterocycles. The lowest BCUT2D eigenvalue weighted by Crippen LogP contribution is -2.50. The fraction of sp³-hybridized carbons (Fsp3) is 0.500. The fourth-order valence-corrected chi connectivity index (χ4v) is 2.38. The zero-order valence-electron chi connectivity index (χ0n) is 11.6. The summed E-state index contributed by atoms with van der Waals surface area (Å²) in [5.41, 5.74) is 6.92. The molecule has 0 aliphatic carbocycles. The van der Waals surface area contributed by atoms with Crippen LogP contribution < -0.4 is 5.73 Å². The Morgan fingerprint density at radius 1 is 1.19 bits per heavy atom. The van der Waals surface area contributed by atoms with Crippen molar-refractivity contribution in [3.63, 3.8) is 0 Å². The number of nitrogens with zero attached hydrogens (tertiary/aromatic N) is 2. The number of hydrogen-bond donors (Lipinski definition) is 1. The van der Waals surface area contributed by atoms with Crippen LogP contribution in [0.3, 0.4) is 0 Å². The fourth-order valence-electron chi connectivity index (χ4n) is 2.38. The van der Waals surface area contributed by atoms with Crippen molar-refractivity contribution in [2.45, 2.75) is 12.7 Å². The molecule has 2 rings (SSSR count). The van der Waals surface area contributed by atoms with Crippen LogP contribution in [0.5, 0.6) is 0 Å². The van der Waals surface area contributed by atoms with E-state index in [1.54, 1.807) is 23.1 Å². The molecule has 1 aliphatic rings. The van der Waals surface area contributed by atoms with Crippen molar-refractivity contribution < 1.29 is 18.0 Å². The molecule has 0 bridgehead atoms. The number of piperazine rings is 1. The minimum atomic E-state index is -4.19. The van der Waals surface area contributed by atoms with Crippen molar-refractivity contribution in [3.05, 3.63) is 35.4 Å². The molecule has 21 heavy (non-hydrogen) atoms. The Hall–Kier alpha value is -1.60. The minimum absolute atomic E-state index is 0.156. The lowest BCUT2D eigenvalue weighted by Gasteiger charge is -2.35. The van der Waals surface area contributed by atoms with Gasteiger partial charge < -0.3 is 10.6 Å². The maximum atomic E-state index is 12.3. The first-order chi connectivity index (χ1) is 9.89. The molecule has 1 aromatic rings. The molecule has 1 aromatic carbocycles. The molecule has 1 heterocycles. The molecule has 4 nitrogen and oxygen atoms in total. The van der Waals surface area contributed by atoms with Crippen LogP contribution >= 0.6 is 0 Å². The van der Waals surface area contributed by atoms with Crippen molar-refractivity contribution in [2.75, 3.05) is 32.7 Å². The maximum absolute atomic E-state index is 12.3. The van der Waals surface area contributed by atoms with Gasteiger partial charge in [0.05, 0.1) is 6.54 Å². The first kappa shape index (κ1) is 15.8. The second kappa shape index (κ2) is 6.44. The molecule has 0 atom stereocenters. The summed E-state index contributed by atoms with van der Waals surface area (Å²) in [5, 5.41) is 0. The van der Waals surface area contributed by atoms with Crippen LogP contribution in [-0.2, 0) is 6.54 Å². The van der Waals surface area contributed by atoms with Gasteiger partial charge in [0.2, 0.25) is 0 Å². The first-order valence-electron chi connectivity index (χ1n) is 6.76. The van der Waals surface area contributed by atoms with Crippen molar-refractivity contribution in [3.8, 4) is 0 Å². The predicted octanol–water partition coefficient (Wildman–Crippen LogP) is 1.47. The number of hydrogen-bond acceptors (Lipinski definition) is 3. The molecule has 0 spiro atoms. The Bertz CT molecular complexity index is 496. The molecule has 1 amide bonds. The standard InChI is InChI=1S/C14H18F3N3O/c15-14(16,17)10-19-4-6-20(7-5-19)13(21)12-3-1-2-11(8-12)9-18/h1-3,8H,4-7,9-10,18H2. The van der Waals surface area contributed by atoms with Crippen LogP contribution in [-0.4, -0.2) is 54.6 Å². The highest BCUT2D eigenvalue weighted by Crippen LogP contribution is 2.18. The lowest BCUT2D eigenvalue weighted by atomic mass is 10.1. The Labute approximate surface area is 121 Å². The summed E-state index contributed by atoms with van der Waals surface area (Å²) in [6.45, 7) is 0.519. The Kier molecular flexibility index (Phi) is 4.84. The minimum Gasteiger partial charge on any atom is -0.336 e. The van der Waals surface area contributed by atoms with Gasteiger partial charge in [-0.25, -0.2) is 0 Å². The van der Waals surface area contributed by atoms with Gasteiger partial charge in [0.1, 0.15) is 0 Å². The second-order valence-corrected chi connectivity index (χ2v) is 5.09. The van der Waals surface area contributed by atoms with Gasteiger partial charge in [0, 0.05) is 38.3 Å². The molecule has 1 saturated heterocycles. The summed E-state index contributed by atoms with van der Waals surface area (Å²) in [5.74, 6) is -0.156. The summed E-state index contributed by atoms with van der Waals surface area (Å²) in [6, 6.07) is 7.02. The monoisotopic (exact) mass is 301 g/mol. The van der Waals surface area contributed by atoms with E-state index in [9.17, 15) is 18.0 Å². The third kappa shape index (κ3) is 4.44. The number of amides is 1. The van der Waals surface area contributed by atoms with Crippen LogP contribution in [0.1, 0.15) is 15.9 Å². The topological polar surface area (TPSA) is 49.6 Å². The van der Waals surface area contributed by atoms with Crippen molar-refractivity contribution >= 4 is 5.91 Å². The molecular weight excluding hydrogens is 283 g/mol. The third-order valence-electron chi connectivity index (χ3n) is 3.47. The number of alkyl halides is 3. The average Bonchev–Trinajstić information content (AvgIpc) is 2.46. The highest BCUT2D eigenvalue weighted by atomic mass is 19.4. The smallest absolute Gasteiger partial charge is 0.336 e. The normalized spacial score (nSPS) is 17.0. The Balaban J connectivity index is 1.94. The molecular formula is C14H18F3N3O. The molecule has 0 unspecified atom stereocenters. The second-order valence-electron chi connectivity index (χ2n) is 5.09. The van der Waals surface area contributed by atoms with Gasteiger partial charge in [-0.2, -0.15) is 13.2 Å². The number of carbonyl (C=O) groups is 1. The van der Waals surface area contributed by atoms with Gasteiger partial charge in [-0.05, 0) is 17.7 Å². The summed E-state index contributed by atoms with van der Waals surface area (Å²) in [6.07, 6.45) is -4.19. The molecule has 0 saturated carbocycles. The van der Waals surface area contributed by atoms with Crippen LogP contribution in [0.15, 0.2) is 24.3 Å². The molecule has 1 aliphatic heterocycles. The number of carbonyl (C=O) groups excluding carboxylic acids is 1. The quantitative estimate of drug-likeness (QED) is 0.919. The van der Waals surface area contributed by atoms with E-state index in [4.69, 9.17) is 5.73 Å².